The summed E-state index contributed by atoms with van der Waals surface area (Å²) in [5, 5.41) is 10.7. The van der Waals surface area contributed by atoms with Gasteiger partial charge in [0.15, 0.2) is 5.96 Å². The average molecular weight is 429 g/mol. The van der Waals surface area contributed by atoms with Crippen LogP contribution in [0.2, 0.25) is 0 Å². The second-order valence-electron chi connectivity index (χ2n) is 5.11. The Morgan fingerprint density at radius 2 is 1.96 bits per heavy atom. The largest absolute Gasteiger partial charge is 0.363 e. The number of hydrogen-bond donors (Lipinski definition) is 2. The molecule has 0 bridgehead atoms. The molecular weight excluding hydrogens is 405 g/mol. The number of nitrogens with one attached hydrogen (secondary N) is 2. The summed E-state index contributed by atoms with van der Waals surface area (Å²) in [5.41, 5.74) is 2.06. The third kappa shape index (κ3) is 5.70. The zero-order valence-electron chi connectivity index (χ0n) is 13.9. The van der Waals surface area contributed by atoms with Gasteiger partial charge in [0.05, 0.1) is 24.5 Å². The molecule has 0 spiro atoms. The van der Waals surface area contributed by atoms with Crippen molar-refractivity contribution in [3.63, 3.8) is 0 Å². The summed E-state index contributed by atoms with van der Waals surface area (Å²) in [4.78, 5) is 10.8. The molecule has 0 aliphatic carbocycles. The van der Waals surface area contributed by atoms with Gasteiger partial charge in [-0.1, -0.05) is 6.07 Å². The van der Waals surface area contributed by atoms with Gasteiger partial charge in [-0.05, 0) is 18.2 Å². The van der Waals surface area contributed by atoms with Crippen LogP contribution in [0, 0.1) is 0 Å². The minimum absolute atomic E-state index is 0. The number of aryl methyl sites for hydroxylation is 1. The monoisotopic (exact) mass is 429 g/mol. The second kappa shape index (κ2) is 9.33. The minimum Gasteiger partial charge on any atom is -0.363 e. The Morgan fingerprint density at radius 3 is 2.57 bits per heavy atom. The van der Waals surface area contributed by atoms with Gasteiger partial charge in [-0.3, -0.25) is 9.67 Å². The van der Waals surface area contributed by atoms with E-state index >= 15 is 0 Å². The van der Waals surface area contributed by atoms with Crippen molar-refractivity contribution in [2.24, 2.45) is 12.0 Å². The van der Waals surface area contributed by atoms with E-state index in [1.807, 2.05) is 55.0 Å². The predicted octanol–water partition coefficient (Wildman–Crippen LogP) is 1.36. The molecule has 0 atom stereocenters. The minimum atomic E-state index is 0. The first-order chi connectivity index (χ1) is 10.6. The van der Waals surface area contributed by atoms with Crippen molar-refractivity contribution in [1.29, 1.82) is 0 Å². The van der Waals surface area contributed by atoms with Crippen LogP contribution < -0.4 is 15.5 Å². The molecule has 23 heavy (non-hydrogen) atoms. The fourth-order valence-corrected chi connectivity index (χ4v) is 1.96. The number of rotatable bonds is 5. The third-order valence-electron chi connectivity index (χ3n) is 3.27. The zero-order valence-corrected chi connectivity index (χ0v) is 16.3. The van der Waals surface area contributed by atoms with Gasteiger partial charge in [-0.2, -0.15) is 5.10 Å². The maximum Gasteiger partial charge on any atom is 0.191 e. The second-order valence-corrected chi connectivity index (χ2v) is 5.11. The van der Waals surface area contributed by atoms with E-state index in [2.05, 4.69) is 25.7 Å². The Hall–Kier alpha value is -1.84. The molecule has 2 heterocycles. The summed E-state index contributed by atoms with van der Waals surface area (Å²) >= 11 is 0. The molecule has 0 amide bonds. The lowest BCUT2D eigenvalue weighted by Gasteiger charge is -2.14. The van der Waals surface area contributed by atoms with E-state index in [0.29, 0.717) is 13.1 Å². The number of aliphatic imine (C=N–C) groups is 1. The molecule has 0 aliphatic heterocycles. The van der Waals surface area contributed by atoms with Crippen LogP contribution in [0.1, 0.15) is 11.4 Å². The van der Waals surface area contributed by atoms with Crippen LogP contribution in [-0.2, 0) is 20.1 Å². The number of anilines is 1. The van der Waals surface area contributed by atoms with Gasteiger partial charge in [0, 0.05) is 34.4 Å². The first kappa shape index (κ1) is 19.2. The van der Waals surface area contributed by atoms with E-state index in [4.69, 9.17) is 0 Å². The molecule has 2 aromatic heterocycles. The summed E-state index contributed by atoms with van der Waals surface area (Å²) in [6, 6.07) is 7.96. The number of nitrogens with zero attached hydrogens (tertiary/aromatic N) is 5. The van der Waals surface area contributed by atoms with Gasteiger partial charge < -0.3 is 15.5 Å². The highest BCUT2D eigenvalue weighted by Crippen LogP contribution is 2.07. The summed E-state index contributed by atoms with van der Waals surface area (Å²) in [5.74, 6) is 1.68. The Balaban J connectivity index is 0.00000264. The third-order valence-corrected chi connectivity index (χ3v) is 3.27. The molecule has 0 saturated heterocycles. The number of guanidine groups is 1. The zero-order chi connectivity index (χ0) is 15.9. The van der Waals surface area contributed by atoms with Crippen molar-refractivity contribution in [2.45, 2.75) is 13.1 Å². The number of halogens is 1. The Morgan fingerprint density at radius 1 is 1.22 bits per heavy atom. The van der Waals surface area contributed by atoms with Crippen LogP contribution in [0.5, 0.6) is 0 Å². The van der Waals surface area contributed by atoms with Crippen LogP contribution in [0.25, 0.3) is 0 Å². The lowest BCUT2D eigenvalue weighted by atomic mass is 10.3. The van der Waals surface area contributed by atoms with E-state index < -0.39 is 0 Å². The highest BCUT2D eigenvalue weighted by molar-refractivity contribution is 14.0. The van der Waals surface area contributed by atoms with Crippen molar-refractivity contribution in [2.75, 3.05) is 26.0 Å². The summed E-state index contributed by atoms with van der Waals surface area (Å²) in [6.45, 7) is 1.29. The Bertz CT molecular complexity index is 636. The van der Waals surface area contributed by atoms with E-state index in [0.717, 1.165) is 23.2 Å². The van der Waals surface area contributed by atoms with Crippen LogP contribution in [0.4, 0.5) is 5.82 Å². The van der Waals surface area contributed by atoms with Crippen LogP contribution in [0.15, 0.2) is 35.5 Å². The first-order valence-corrected chi connectivity index (χ1v) is 7.15. The quantitative estimate of drug-likeness (QED) is 0.427. The summed E-state index contributed by atoms with van der Waals surface area (Å²) < 4.78 is 1.84. The van der Waals surface area contributed by atoms with Gasteiger partial charge in [0.2, 0.25) is 0 Å². The highest BCUT2D eigenvalue weighted by Gasteiger charge is 2.03. The number of hydrogen-bond acceptors (Lipinski definition) is 4. The molecule has 0 saturated carbocycles. The molecule has 0 unspecified atom stereocenters. The molecule has 0 aromatic carbocycles. The van der Waals surface area contributed by atoms with Crippen LogP contribution >= 0.6 is 24.0 Å². The van der Waals surface area contributed by atoms with E-state index in [-0.39, 0.29) is 24.0 Å². The number of pyridine rings is 1. The normalized spacial score (nSPS) is 10.9. The first-order valence-electron chi connectivity index (χ1n) is 7.15. The SMILES string of the molecule is CN=C(NCc1cccc(N(C)C)n1)NCc1ccnn1C.I. The average Bonchev–Trinajstić information content (AvgIpc) is 2.93. The maximum absolute atomic E-state index is 4.57. The lowest BCUT2D eigenvalue weighted by molar-refractivity contribution is 0.683. The fraction of sp³-hybridized carbons (Fsp3) is 0.400. The maximum atomic E-state index is 4.57. The number of aromatic nitrogens is 3. The van der Waals surface area contributed by atoms with Gasteiger partial charge in [-0.25, -0.2) is 4.98 Å². The lowest BCUT2D eigenvalue weighted by Crippen LogP contribution is -2.37. The van der Waals surface area contributed by atoms with Crippen molar-refractivity contribution in [1.82, 2.24) is 25.4 Å². The Labute approximate surface area is 154 Å². The van der Waals surface area contributed by atoms with Gasteiger partial charge in [0.1, 0.15) is 5.82 Å². The fourth-order valence-electron chi connectivity index (χ4n) is 1.96. The van der Waals surface area contributed by atoms with Crippen molar-refractivity contribution in [3.05, 3.63) is 41.9 Å². The molecule has 0 radical (unpaired) electrons. The van der Waals surface area contributed by atoms with E-state index in [9.17, 15) is 0 Å². The van der Waals surface area contributed by atoms with Crippen molar-refractivity contribution < 1.29 is 0 Å². The molecule has 2 rings (SSSR count). The highest BCUT2D eigenvalue weighted by atomic mass is 127. The molecule has 7 nitrogen and oxygen atoms in total. The van der Waals surface area contributed by atoms with Crippen molar-refractivity contribution in [3.8, 4) is 0 Å². The Kier molecular flexibility index (Phi) is 7.79. The van der Waals surface area contributed by atoms with Crippen LogP contribution in [0.3, 0.4) is 0 Å². The van der Waals surface area contributed by atoms with Gasteiger partial charge >= 0.3 is 0 Å². The molecule has 126 valence electrons. The summed E-state index contributed by atoms with van der Waals surface area (Å²) in [7, 11) is 7.63. The molecule has 2 N–H and O–H groups in total. The van der Waals surface area contributed by atoms with E-state index in [1.54, 1.807) is 13.2 Å². The topological polar surface area (TPSA) is 70.4 Å². The molecule has 2 aromatic rings. The molecule has 0 fully saturated rings. The summed E-state index contributed by atoms with van der Waals surface area (Å²) in [6.07, 6.45) is 1.78. The smallest absolute Gasteiger partial charge is 0.191 e. The molecule has 8 heteroatoms. The van der Waals surface area contributed by atoms with Gasteiger partial charge in [0.25, 0.3) is 0 Å². The van der Waals surface area contributed by atoms with E-state index in [1.165, 1.54) is 0 Å². The van der Waals surface area contributed by atoms with Gasteiger partial charge in [-0.15, -0.1) is 24.0 Å². The van der Waals surface area contributed by atoms with Crippen LogP contribution in [-0.4, -0.2) is 41.9 Å². The predicted molar refractivity (Wildman–Crippen MR) is 104 cm³/mol. The standard InChI is InChI=1S/C15H23N7.HI/c1-16-15(18-11-13-8-9-19-22(13)4)17-10-12-6-5-7-14(20-12)21(2)3;/h5-9H,10-11H2,1-4H3,(H2,16,17,18);1H. The molecular formula is C15H24IN7. The molecule has 0 aliphatic rings. The van der Waals surface area contributed by atoms with Crippen molar-refractivity contribution >= 4 is 35.8 Å².